The summed E-state index contributed by atoms with van der Waals surface area (Å²) in [5.74, 6) is -2.70. The van der Waals surface area contributed by atoms with E-state index < -0.39 is 23.7 Å². The first-order chi connectivity index (χ1) is 8.47. The summed E-state index contributed by atoms with van der Waals surface area (Å²) < 4.78 is 13.5. The third-order valence-corrected chi connectivity index (χ3v) is 2.43. The molecule has 0 fully saturated rings. The predicted molar refractivity (Wildman–Crippen MR) is 64.9 cm³/mol. The standard InChI is InChI=1S/C12H15FN2O3/c1-2-4-9(14)11(16)15-10-7(12(17)18)5-3-6-8(10)13/h3,5-6,9H,2,4,14H2,1H3,(H,15,16)(H,17,18)/t9-/m1/s1. The third kappa shape index (κ3) is 3.27. The SMILES string of the molecule is CCC[C@@H](N)C(=O)Nc1c(F)cccc1C(=O)O. The molecule has 0 spiro atoms. The summed E-state index contributed by atoms with van der Waals surface area (Å²) >= 11 is 0. The van der Waals surface area contributed by atoms with Crippen molar-refractivity contribution >= 4 is 17.6 Å². The molecule has 1 aromatic carbocycles. The smallest absolute Gasteiger partial charge is 0.337 e. The number of para-hydroxylation sites is 1. The number of hydrogen-bond donors (Lipinski definition) is 3. The first-order valence-corrected chi connectivity index (χ1v) is 5.55. The number of carbonyl (C=O) groups excluding carboxylic acids is 1. The second kappa shape index (κ2) is 6.11. The number of rotatable bonds is 5. The van der Waals surface area contributed by atoms with E-state index in [2.05, 4.69) is 5.32 Å². The van der Waals surface area contributed by atoms with Gasteiger partial charge in [0.1, 0.15) is 5.82 Å². The van der Waals surface area contributed by atoms with Crippen LogP contribution >= 0.6 is 0 Å². The number of amides is 1. The van der Waals surface area contributed by atoms with Gasteiger partial charge in [-0.1, -0.05) is 19.4 Å². The van der Waals surface area contributed by atoms with Crippen molar-refractivity contribution in [3.05, 3.63) is 29.6 Å². The summed E-state index contributed by atoms with van der Waals surface area (Å²) in [6.45, 7) is 1.86. The number of halogens is 1. The van der Waals surface area contributed by atoms with Gasteiger partial charge < -0.3 is 16.2 Å². The van der Waals surface area contributed by atoms with E-state index in [0.29, 0.717) is 12.8 Å². The fraction of sp³-hybridized carbons (Fsp3) is 0.333. The predicted octanol–water partition coefficient (Wildman–Crippen LogP) is 1.59. The van der Waals surface area contributed by atoms with Crippen LogP contribution in [0.25, 0.3) is 0 Å². The summed E-state index contributed by atoms with van der Waals surface area (Å²) in [7, 11) is 0. The van der Waals surface area contributed by atoms with Crippen molar-refractivity contribution in [2.45, 2.75) is 25.8 Å². The summed E-state index contributed by atoms with van der Waals surface area (Å²) in [6, 6.07) is 2.77. The molecule has 98 valence electrons. The lowest BCUT2D eigenvalue weighted by Gasteiger charge is -2.13. The molecule has 0 saturated carbocycles. The highest BCUT2D eigenvalue weighted by Crippen LogP contribution is 2.20. The molecule has 0 unspecified atom stereocenters. The lowest BCUT2D eigenvalue weighted by Crippen LogP contribution is -2.36. The molecule has 1 aromatic rings. The maximum absolute atomic E-state index is 13.5. The lowest BCUT2D eigenvalue weighted by atomic mass is 10.1. The van der Waals surface area contributed by atoms with Gasteiger partial charge in [0.15, 0.2) is 0 Å². The number of carboxylic acids is 1. The Morgan fingerprint density at radius 2 is 2.17 bits per heavy atom. The molecular formula is C12H15FN2O3. The van der Waals surface area contributed by atoms with Gasteiger partial charge in [-0.25, -0.2) is 9.18 Å². The number of aromatic carboxylic acids is 1. The fourth-order valence-corrected chi connectivity index (χ4v) is 1.49. The highest BCUT2D eigenvalue weighted by molar-refractivity contribution is 6.02. The molecule has 0 aromatic heterocycles. The van der Waals surface area contributed by atoms with Crippen LogP contribution in [0, 0.1) is 5.82 Å². The Balaban J connectivity index is 2.96. The summed E-state index contributed by atoms with van der Waals surface area (Å²) in [5, 5.41) is 11.1. The Morgan fingerprint density at radius 3 is 2.72 bits per heavy atom. The highest BCUT2D eigenvalue weighted by Gasteiger charge is 2.19. The Kier molecular flexibility index (Phi) is 4.79. The van der Waals surface area contributed by atoms with Crippen molar-refractivity contribution in [2.75, 3.05) is 5.32 Å². The van der Waals surface area contributed by atoms with Crippen molar-refractivity contribution in [3.8, 4) is 0 Å². The van der Waals surface area contributed by atoms with E-state index in [1.54, 1.807) is 0 Å². The molecule has 6 heteroatoms. The van der Waals surface area contributed by atoms with Crippen LogP contribution in [-0.2, 0) is 4.79 Å². The van der Waals surface area contributed by atoms with Gasteiger partial charge in [-0.15, -0.1) is 0 Å². The minimum atomic E-state index is -1.31. The van der Waals surface area contributed by atoms with Crippen LogP contribution in [0.15, 0.2) is 18.2 Å². The quantitative estimate of drug-likeness (QED) is 0.744. The van der Waals surface area contributed by atoms with Crippen LogP contribution in [0.4, 0.5) is 10.1 Å². The minimum absolute atomic E-state index is 0.299. The van der Waals surface area contributed by atoms with Gasteiger partial charge in [-0.2, -0.15) is 0 Å². The van der Waals surface area contributed by atoms with E-state index in [9.17, 15) is 14.0 Å². The molecule has 1 rings (SSSR count). The van der Waals surface area contributed by atoms with Crippen molar-refractivity contribution in [1.29, 1.82) is 0 Å². The molecule has 1 amide bonds. The monoisotopic (exact) mass is 254 g/mol. The topological polar surface area (TPSA) is 92.4 Å². The van der Waals surface area contributed by atoms with Gasteiger partial charge in [0, 0.05) is 0 Å². The van der Waals surface area contributed by atoms with E-state index in [-0.39, 0.29) is 11.3 Å². The second-order valence-electron chi connectivity index (χ2n) is 3.85. The number of hydrogen-bond acceptors (Lipinski definition) is 3. The van der Waals surface area contributed by atoms with E-state index in [1.807, 2.05) is 6.92 Å². The molecule has 0 aliphatic rings. The van der Waals surface area contributed by atoms with Gasteiger partial charge in [0.2, 0.25) is 5.91 Å². The van der Waals surface area contributed by atoms with Gasteiger partial charge in [-0.3, -0.25) is 4.79 Å². The number of benzene rings is 1. The largest absolute Gasteiger partial charge is 0.478 e. The zero-order chi connectivity index (χ0) is 13.7. The normalized spacial score (nSPS) is 11.9. The van der Waals surface area contributed by atoms with Crippen molar-refractivity contribution in [3.63, 3.8) is 0 Å². The zero-order valence-electron chi connectivity index (χ0n) is 9.94. The van der Waals surface area contributed by atoms with Crippen LogP contribution in [0.1, 0.15) is 30.1 Å². The molecular weight excluding hydrogens is 239 g/mol. The van der Waals surface area contributed by atoms with Crippen LogP contribution in [0.3, 0.4) is 0 Å². The van der Waals surface area contributed by atoms with Crippen LogP contribution in [0.2, 0.25) is 0 Å². The minimum Gasteiger partial charge on any atom is -0.478 e. The second-order valence-corrected chi connectivity index (χ2v) is 3.85. The molecule has 0 saturated heterocycles. The third-order valence-electron chi connectivity index (χ3n) is 2.43. The number of nitrogens with one attached hydrogen (secondary N) is 1. The maximum atomic E-state index is 13.5. The van der Waals surface area contributed by atoms with Gasteiger partial charge in [0.05, 0.1) is 17.3 Å². The van der Waals surface area contributed by atoms with Crippen molar-refractivity contribution in [2.24, 2.45) is 5.73 Å². The first-order valence-electron chi connectivity index (χ1n) is 5.55. The molecule has 5 nitrogen and oxygen atoms in total. The maximum Gasteiger partial charge on any atom is 0.337 e. The molecule has 0 radical (unpaired) electrons. The molecule has 0 bridgehead atoms. The molecule has 18 heavy (non-hydrogen) atoms. The van der Waals surface area contributed by atoms with Crippen LogP contribution < -0.4 is 11.1 Å². The fourth-order valence-electron chi connectivity index (χ4n) is 1.49. The average molecular weight is 254 g/mol. The Hall–Kier alpha value is -1.95. The van der Waals surface area contributed by atoms with Gasteiger partial charge in [0.25, 0.3) is 0 Å². The number of carboxylic acid groups (broad SMARTS) is 1. The Morgan fingerprint density at radius 1 is 1.50 bits per heavy atom. The number of anilines is 1. The van der Waals surface area contributed by atoms with Gasteiger partial charge >= 0.3 is 5.97 Å². The molecule has 0 heterocycles. The summed E-state index contributed by atoms with van der Waals surface area (Å²) in [6.07, 6.45) is 1.15. The molecule has 1 atom stereocenters. The first kappa shape index (κ1) is 14.1. The van der Waals surface area contributed by atoms with Crippen molar-refractivity contribution < 1.29 is 19.1 Å². The van der Waals surface area contributed by atoms with E-state index >= 15 is 0 Å². The number of nitrogens with two attached hydrogens (primary N) is 1. The molecule has 0 aliphatic carbocycles. The average Bonchev–Trinajstić information content (AvgIpc) is 2.31. The van der Waals surface area contributed by atoms with Gasteiger partial charge in [-0.05, 0) is 18.6 Å². The Bertz CT molecular complexity index is 463. The van der Waals surface area contributed by atoms with Crippen molar-refractivity contribution in [1.82, 2.24) is 0 Å². The Labute approximate surface area is 104 Å². The van der Waals surface area contributed by atoms with E-state index in [0.717, 1.165) is 6.07 Å². The van der Waals surface area contributed by atoms with Crippen LogP contribution in [-0.4, -0.2) is 23.0 Å². The van der Waals surface area contributed by atoms with E-state index in [1.165, 1.54) is 12.1 Å². The summed E-state index contributed by atoms with van der Waals surface area (Å²) in [4.78, 5) is 22.5. The highest BCUT2D eigenvalue weighted by atomic mass is 19.1. The zero-order valence-corrected chi connectivity index (χ0v) is 9.94. The number of carbonyl (C=O) groups is 2. The van der Waals surface area contributed by atoms with Crippen LogP contribution in [0.5, 0.6) is 0 Å². The van der Waals surface area contributed by atoms with E-state index in [4.69, 9.17) is 10.8 Å². The lowest BCUT2D eigenvalue weighted by molar-refractivity contribution is -0.117. The summed E-state index contributed by atoms with van der Waals surface area (Å²) in [5.41, 5.74) is 4.93. The molecule has 0 aliphatic heterocycles. The molecule has 4 N–H and O–H groups in total.